The Kier molecular flexibility index (Phi) is 6.76. The number of likely N-dealkylation sites (tertiary alicyclic amines) is 1. The Morgan fingerprint density at radius 1 is 1.30 bits per heavy atom. The number of carbonyl (C=O) groups is 1. The number of nitrogens with one attached hydrogen (secondary N) is 1. The molecule has 7 heteroatoms. The highest BCUT2D eigenvalue weighted by Gasteiger charge is 2.21. The van der Waals surface area contributed by atoms with Crippen LogP contribution in [0.25, 0.3) is 21.5 Å². The predicted octanol–water partition coefficient (Wildman–Crippen LogP) is 5.34. The minimum Gasteiger partial charge on any atom is -0.351 e. The lowest BCUT2D eigenvalue weighted by Gasteiger charge is -2.35. The zero-order valence-electron chi connectivity index (χ0n) is 17.7. The van der Waals surface area contributed by atoms with Gasteiger partial charge in [0.05, 0.1) is 4.88 Å². The van der Waals surface area contributed by atoms with Crippen molar-refractivity contribution in [2.24, 2.45) is 7.05 Å². The number of fused-ring (bicyclic) bond motifs is 1. The molecule has 0 spiro atoms. The van der Waals surface area contributed by atoms with Gasteiger partial charge in [0.2, 0.25) is 0 Å². The van der Waals surface area contributed by atoms with Gasteiger partial charge in [0.1, 0.15) is 10.5 Å². The third kappa shape index (κ3) is 4.56. The van der Waals surface area contributed by atoms with Gasteiger partial charge in [-0.1, -0.05) is 37.1 Å². The number of rotatable bonds is 7. The number of nitrogens with zero attached hydrogens (tertiary/aromatic N) is 3. The summed E-state index contributed by atoms with van der Waals surface area (Å²) in [5.74, 6) is 0.00365. The lowest BCUT2D eigenvalue weighted by molar-refractivity contribution is 0.0951. The van der Waals surface area contributed by atoms with Gasteiger partial charge in [-0.15, -0.1) is 11.3 Å². The molecule has 0 bridgehead atoms. The minimum absolute atomic E-state index is 0.00365. The second-order valence-corrected chi connectivity index (χ2v) is 9.48. The zero-order chi connectivity index (χ0) is 21.1. The van der Waals surface area contributed by atoms with Crippen LogP contribution in [0.5, 0.6) is 0 Å². The van der Waals surface area contributed by atoms with E-state index in [0.29, 0.717) is 11.6 Å². The van der Waals surface area contributed by atoms with Crippen molar-refractivity contribution < 1.29 is 4.79 Å². The van der Waals surface area contributed by atoms with E-state index in [2.05, 4.69) is 22.2 Å². The van der Waals surface area contributed by atoms with E-state index < -0.39 is 0 Å². The highest BCUT2D eigenvalue weighted by molar-refractivity contribution is 7.20. The molecule has 5 nitrogen and oxygen atoms in total. The normalized spacial score (nSPS) is 17.5. The van der Waals surface area contributed by atoms with E-state index in [-0.39, 0.29) is 5.91 Å². The van der Waals surface area contributed by atoms with Gasteiger partial charge in [-0.25, -0.2) is 0 Å². The molecule has 1 aliphatic rings. The van der Waals surface area contributed by atoms with Crippen LogP contribution in [0.2, 0.25) is 5.02 Å². The summed E-state index contributed by atoms with van der Waals surface area (Å²) in [7, 11) is 1.92. The number of carbonyl (C=O) groups excluding carboxylic acids is 1. The van der Waals surface area contributed by atoms with Crippen molar-refractivity contribution in [3.05, 3.63) is 40.2 Å². The molecule has 0 aliphatic carbocycles. The molecule has 0 saturated carbocycles. The van der Waals surface area contributed by atoms with Crippen LogP contribution >= 0.6 is 22.9 Å². The number of halogens is 1. The summed E-state index contributed by atoms with van der Waals surface area (Å²) in [5, 5.41) is 9.45. The van der Waals surface area contributed by atoms with Crippen molar-refractivity contribution in [1.29, 1.82) is 0 Å². The van der Waals surface area contributed by atoms with Crippen LogP contribution < -0.4 is 5.32 Å². The lowest BCUT2D eigenvalue weighted by atomic mass is 10.00. The summed E-state index contributed by atoms with van der Waals surface area (Å²) in [5.41, 5.74) is 1.89. The number of piperidine rings is 1. The summed E-state index contributed by atoms with van der Waals surface area (Å²) < 4.78 is 1.85. The number of aryl methyl sites for hydroxylation is 1. The van der Waals surface area contributed by atoms with Crippen LogP contribution in [-0.4, -0.2) is 46.3 Å². The maximum Gasteiger partial charge on any atom is 0.261 e. The van der Waals surface area contributed by atoms with E-state index in [4.69, 9.17) is 11.6 Å². The van der Waals surface area contributed by atoms with E-state index >= 15 is 0 Å². The Labute approximate surface area is 187 Å². The largest absolute Gasteiger partial charge is 0.351 e. The minimum atomic E-state index is 0.00365. The molecular formula is C23H29ClN4OS. The Morgan fingerprint density at radius 2 is 2.10 bits per heavy atom. The second-order valence-electron chi connectivity index (χ2n) is 8.01. The topological polar surface area (TPSA) is 50.2 Å². The smallest absolute Gasteiger partial charge is 0.261 e. The zero-order valence-corrected chi connectivity index (χ0v) is 19.2. The SMILES string of the molecule is CCC1CCCCN1CCCNC(=O)c1cc2c(-c3ccc(Cl)cc3)nn(C)c2s1. The highest BCUT2D eigenvalue weighted by atomic mass is 35.5. The van der Waals surface area contributed by atoms with Crippen molar-refractivity contribution in [2.75, 3.05) is 19.6 Å². The summed E-state index contributed by atoms with van der Waals surface area (Å²) in [4.78, 5) is 17.1. The molecule has 1 atom stereocenters. The fourth-order valence-corrected chi connectivity index (χ4v) is 5.48. The number of hydrogen-bond donors (Lipinski definition) is 1. The quantitative estimate of drug-likeness (QED) is 0.500. The average molecular weight is 445 g/mol. The van der Waals surface area contributed by atoms with Gasteiger partial charge in [0, 0.05) is 42.2 Å². The molecule has 1 saturated heterocycles. The van der Waals surface area contributed by atoms with Crippen molar-refractivity contribution in [2.45, 2.75) is 45.1 Å². The fraction of sp³-hybridized carbons (Fsp3) is 0.478. The molecule has 3 heterocycles. The highest BCUT2D eigenvalue weighted by Crippen LogP contribution is 2.34. The summed E-state index contributed by atoms with van der Waals surface area (Å²) in [6, 6.07) is 10.3. The van der Waals surface area contributed by atoms with Gasteiger partial charge in [0.25, 0.3) is 5.91 Å². The molecule has 1 aliphatic heterocycles. The second kappa shape index (κ2) is 9.50. The van der Waals surface area contributed by atoms with Crippen LogP contribution in [0.1, 0.15) is 48.7 Å². The standard InChI is InChI=1S/C23H29ClN4OS/c1-3-18-7-4-5-13-28(18)14-6-12-25-22(29)20-15-19-21(26-27(2)23(19)30-20)16-8-10-17(24)11-9-16/h8-11,15,18H,3-7,12-14H2,1-2H3,(H,25,29). The molecule has 3 aromatic rings. The van der Waals surface area contributed by atoms with Crippen molar-refractivity contribution in [3.8, 4) is 11.3 Å². The molecule has 1 unspecified atom stereocenters. The number of benzene rings is 1. The van der Waals surface area contributed by atoms with E-state index in [1.807, 2.05) is 42.1 Å². The van der Waals surface area contributed by atoms with Gasteiger partial charge < -0.3 is 10.2 Å². The van der Waals surface area contributed by atoms with Gasteiger partial charge in [-0.2, -0.15) is 5.10 Å². The molecule has 1 fully saturated rings. The number of aromatic nitrogens is 2. The molecule has 1 N–H and O–H groups in total. The number of hydrogen-bond acceptors (Lipinski definition) is 4. The van der Waals surface area contributed by atoms with Crippen molar-refractivity contribution in [1.82, 2.24) is 20.0 Å². The monoisotopic (exact) mass is 444 g/mol. The third-order valence-corrected chi connectivity index (χ3v) is 7.43. The van der Waals surface area contributed by atoms with E-state index in [0.717, 1.165) is 45.4 Å². The first-order valence-electron chi connectivity index (χ1n) is 10.8. The van der Waals surface area contributed by atoms with Crippen molar-refractivity contribution >= 4 is 39.1 Å². The molecule has 160 valence electrons. The first kappa shape index (κ1) is 21.3. The molecule has 4 rings (SSSR count). The Morgan fingerprint density at radius 3 is 2.87 bits per heavy atom. The molecule has 1 amide bonds. The molecule has 0 radical (unpaired) electrons. The Hall–Kier alpha value is -1.89. The Bertz CT molecular complexity index is 1010. The molecule has 30 heavy (non-hydrogen) atoms. The van der Waals surface area contributed by atoms with Crippen LogP contribution in [0.4, 0.5) is 0 Å². The van der Waals surface area contributed by atoms with Crippen LogP contribution in [0.15, 0.2) is 30.3 Å². The van der Waals surface area contributed by atoms with E-state index in [9.17, 15) is 4.79 Å². The Balaban J connectivity index is 1.39. The van der Waals surface area contributed by atoms with Gasteiger partial charge >= 0.3 is 0 Å². The fourth-order valence-electron chi connectivity index (χ4n) is 4.36. The lowest BCUT2D eigenvalue weighted by Crippen LogP contribution is -2.40. The summed E-state index contributed by atoms with van der Waals surface area (Å²) >= 11 is 7.51. The summed E-state index contributed by atoms with van der Waals surface area (Å²) in [6.45, 7) is 5.25. The van der Waals surface area contributed by atoms with Crippen LogP contribution in [0, 0.1) is 0 Å². The average Bonchev–Trinajstić information content (AvgIpc) is 3.33. The first-order chi connectivity index (χ1) is 14.6. The predicted molar refractivity (Wildman–Crippen MR) is 125 cm³/mol. The van der Waals surface area contributed by atoms with Gasteiger partial charge in [-0.3, -0.25) is 9.48 Å². The van der Waals surface area contributed by atoms with Gasteiger partial charge in [-0.05, 0) is 50.4 Å². The van der Waals surface area contributed by atoms with Crippen LogP contribution in [-0.2, 0) is 7.05 Å². The molecular weight excluding hydrogens is 416 g/mol. The van der Waals surface area contributed by atoms with Crippen molar-refractivity contribution in [3.63, 3.8) is 0 Å². The molecule has 2 aromatic heterocycles. The molecule has 1 aromatic carbocycles. The van der Waals surface area contributed by atoms with E-state index in [1.54, 1.807) is 0 Å². The maximum absolute atomic E-state index is 12.7. The maximum atomic E-state index is 12.7. The van der Waals surface area contributed by atoms with E-state index in [1.165, 1.54) is 43.6 Å². The van der Waals surface area contributed by atoms with Crippen LogP contribution in [0.3, 0.4) is 0 Å². The van der Waals surface area contributed by atoms with Gasteiger partial charge in [0.15, 0.2) is 0 Å². The third-order valence-electron chi connectivity index (χ3n) is 5.98. The summed E-state index contributed by atoms with van der Waals surface area (Å²) in [6.07, 6.45) is 6.18. The number of thiophene rings is 1. The number of amides is 1. The first-order valence-corrected chi connectivity index (χ1v) is 12.0.